The van der Waals surface area contributed by atoms with Gasteiger partial charge in [0.1, 0.15) is 30.3 Å². The smallest absolute Gasteiger partial charge is 0.123 e. The highest BCUT2D eigenvalue weighted by molar-refractivity contribution is 5.38. The van der Waals surface area contributed by atoms with E-state index in [-0.39, 0.29) is 0 Å². The van der Waals surface area contributed by atoms with Crippen molar-refractivity contribution in [1.82, 2.24) is 0 Å². The molecular weight excluding hydrogens is 266 g/mol. The van der Waals surface area contributed by atoms with Gasteiger partial charge in [-0.1, -0.05) is 12.1 Å². The summed E-state index contributed by atoms with van der Waals surface area (Å²) in [5.41, 5.74) is 2.42. The van der Waals surface area contributed by atoms with Gasteiger partial charge in [0.25, 0.3) is 0 Å². The van der Waals surface area contributed by atoms with Crippen LogP contribution in [0.25, 0.3) is 0 Å². The molecule has 4 heteroatoms. The summed E-state index contributed by atoms with van der Waals surface area (Å²) < 4.78 is 15.8. The molecule has 2 rings (SSSR count). The number of quaternary nitrogens is 1. The van der Waals surface area contributed by atoms with Gasteiger partial charge in [-0.3, -0.25) is 0 Å². The third-order valence-corrected chi connectivity index (χ3v) is 3.31. The van der Waals surface area contributed by atoms with Crippen molar-refractivity contribution in [3.63, 3.8) is 0 Å². The van der Waals surface area contributed by atoms with E-state index in [0.29, 0.717) is 0 Å². The summed E-state index contributed by atoms with van der Waals surface area (Å²) in [6.07, 6.45) is 0. The number of hydrogen-bond donors (Lipinski definition) is 1. The van der Waals surface area contributed by atoms with Crippen LogP contribution < -0.4 is 19.5 Å². The number of hydrogen-bond acceptors (Lipinski definition) is 3. The summed E-state index contributed by atoms with van der Waals surface area (Å²) in [5.74, 6) is 2.53. The van der Waals surface area contributed by atoms with Gasteiger partial charge in [0.15, 0.2) is 0 Å². The van der Waals surface area contributed by atoms with Crippen LogP contribution in [0.1, 0.15) is 11.1 Å². The maximum Gasteiger partial charge on any atom is 0.123 e. The Balaban J connectivity index is 1.96. The summed E-state index contributed by atoms with van der Waals surface area (Å²) in [5, 5.41) is 2.24. The maximum absolute atomic E-state index is 5.28. The van der Waals surface area contributed by atoms with Crippen LogP contribution in [0.2, 0.25) is 0 Å². The third-order valence-electron chi connectivity index (χ3n) is 3.31. The summed E-state index contributed by atoms with van der Waals surface area (Å²) in [7, 11) is 5.02. The zero-order chi connectivity index (χ0) is 15.1. The molecule has 0 saturated carbocycles. The molecule has 112 valence electrons. The molecule has 0 heterocycles. The van der Waals surface area contributed by atoms with Crippen LogP contribution in [0.3, 0.4) is 0 Å². The molecule has 0 aliphatic rings. The van der Waals surface area contributed by atoms with E-state index in [2.05, 4.69) is 17.4 Å². The molecule has 2 aromatic carbocycles. The van der Waals surface area contributed by atoms with Crippen molar-refractivity contribution < 1.29 is 19.5 Å². The number of methoxy groups -OCH3 is 3. The van der Waals surface area contributed by atoms with Gasteiger partial charge >= 0.3 is 0 Å². The number of rotatable bonds is 7. The highest BCUT2D eigenvalue weighted by Gasteiger charge is 2.04. The molecule has 2 N–H and O–H groups in total. The quantitative estimate of drug-likeness (QED) is 0.847. The Kier molecular flexibility index (Phi) is 5.46. The first-order valence-corrected chi connectivity index (χ1v) is 6.91. The van der Waals surface area contributed by atoms with Crippen molar-refractivity contribution in [1.29, 1.82) is 0 Å². The van der Waals surface area contributed by atoms with Crippen molar-refractivity contribution >= 4 is 0 Å². The summed E-state index contributed by atoms with van der Waals surface area (Å²) in [6, 6.07) is 14.1. The SMILES string of the molecule is COc1cccc(C[NH2+]Cc2cc(OC)cc(OC)c2)c1. The van der Waals surface area contributed by atoms with Crippen molar-refractivity contribution in [3.05, 3.63) is 53.6 Å². The molecule has 0 radical (unpaired) electrons. The van der Waals surface area contributed by atoms with Crippen LogP contribution in [0, 0.1) is 0 Å². The third kappa shape index (κ3) is 4.39. The molecule has 0 fully saturated rings. The Labute approximate surface area is 125 Å². The molecule has 4 nitrogen and oxygen atoms in total. The Bertz CT molecular complexity index is 562. The Hall–Kier alpha value is -2.20. The van der Waals surface area contributed by atoms with Crippen molar-refractivity contribution in [2.24, 2.45) is 0 Å². The second-order valence-corrected chi connectivity index (χ2v) is 4.77. The number of benzene rings is 2. The van der Waals surface area contributed by atoms with Crippen molar-refractivity contribution in [3.8, 4) is 17.2 Å². The first kappa shape index (κ1) is 15.2. The summed E-state index contributed by atoms with van der Waals surface area (Å²) >= 11 is 0. The highest BCUT2D eigenvalue weighted by atomic mass is 16.5. The van der Waals surface area contributed by atoms with Gasteiger partial charge in [-0.05, 0) is 24.3 Å². The van der Waals surface area contributed by atoms with E-state index >= 15 is 0 Å². The molecule has 0 spiro atoms. The lowest BCUT2D eigenvalue weighted by molar-refractivity contribution is -0.686. The molecule has 0 aromatic heterocycles. The van der Waals surface area contributed by atoms with E-state index in [9.17, 15) is 0 Å². The first-order chi connectivity index (χ1) is 10.2. The molecule has 0 bridgehead atoms. The normalized spacial score (nSPS) is 10.2. The van der Waals surface area contributed by atoms with Gasteiger partial charge < -0.3 is 19.5 Å². The van der Waals surface area contributed by atoms with E-state index < -0.39 is 0 Å². The van der Waals surface area contributed by atoms with Gasteiger partial charge in [-0.2, -0.15) is 0 Å². The Morgan fingerprint density at radius 2 is 1.29 bits per heavy atom. The fraction of sp³-hybridized carbons (Fsp3) is 0.294. The van der Waals surface area contributed by atoms with Crippen LogP contribution in [-0.4, -0.2) is 21.3 Å². The van der Waals surface area contributed by atoms with Crippen LogP contribution in [0.5, 0.6) is 17.2 Å². The number of ether oxygens (including phenoxy) is 3. The highest BCUT2D eigenvalue weighted by Crippen LogP contribution is 2.21. The standard InChI is InChI=1S/C17H21NO3/c1-19-15-6-4-5-13(7-15)11-18-12-14-8-16(20-2)10-17(9-14)21-3/h4-10,18H,11-12H2,1-3H3/p+1. The van der Waals surface area contributed by atoms with Gasteiger partial charge in [-0.25, -0.2) is 0 Å². The zero-order valence-electron chi connectivity index (χ0n) is 12.8. The van der Waals surface area contributed by atoms with E-state index in [0.717, 1.165) is 30.3 Å². The second-order valence-electron chi connectivity index (χ2n) is 4.77. The molecule has 2 aromatic rings. The van der Waals surface area contributed by atoms with Gasteiger partial charge in [0.05, 0.1) is 21.3 Å². The van der Waals surface area contributed by atoms with Crippen LogP contribution in [-0.2, 0) is 13.1 Å². The minimum Gasteiger partial charge on any atom is -0.497 e. The molecule has 0 aliphatic carbocycles. The molecule has 0 aliphatic heterocycles. The fourth-order valence-corrected chi connectivity index (χ4v) is 2.19. The minimum absolute atomic E-state index is 0.819. The Morgan fingerprint density at radius 3 is 1.90 bits per heavy atom. The van der Waals surface area contributed by atoms with E-state index in [1.165, 1.54) is 11.1 Å². The summed E-state index contributed by atoms with van der Waals surface area (Å²) in [6.45, 7) is 1.77. The number of nitrogens with two attached hydrogens (primary N) is 1. The van der Waals surface area contributed by atoms with Gasteiger partial charge in [0.2, 0.25) is 0 Å². The van der Waals surface area contributed by atoms with E-state index in [1.807, 2.05) is 30.3 Å². The topological polar surface area (TPSA) is 44.3 Å². The predicted molar refractivity (Wildman–Crippen MR) is 81.9 cm³/mol. The average molecular weight is 288 g/mol. The molecule has 0 unspecified atom stereocenters. The molecule has 21 heavy (non-hydrogen) atoms. The predicted octanol–water partition coefficient (Wildman–Crippen LogP) is 1.98. The van der Waals surface area contributed by atoms with Crippen LogP contribution in [0.4, 0.5) is 0 Å². The van der Waals surface area contributed by atoms with Crippen molar-refractivity contribution in [2.75, 3.05) is 21.3 Å². The molecule has 0 atom stereocenters. The second kappa shape index (κ2) is 7.55. The van der Waals surface area contributed by atoms with Crippen LogP contribution in [0.15, 0.2) is 42.5 Å². The fourth-order valence-electron chi connectivity index (χ4n) is 2.19. The first-order valence-electron chi connectivity index (χ1n) is 6.91. The zero-order valence-corrected chi connectivity index (χ0v) is 12.8. The lowest BCUT2D eigenvalue weighted by atomic mass is 10.1. The van der Waals surface area contributed by atoms with Crippen LogP contribution >= 0.6 is 0 Å². The average Bonchev–Trinajstić information content (AvgIpc) is 2.54. The van der Waals surface area contributed by atoms with Gasteiger partial charge in [0, 0.05) is 17.2 Å². The molecule has 0 saturated heterocycles. The van der Waals surface area contributed by atoms with E-state index in [4.69, 9.17) is 14.2 Å². The monoisotopic (exact) mass is 288 g/mol. The summed E-state index contributed by atoms with van der Waals surface area (Å²) in [4.78, 5) is 0. The molecule has 0 amide bonds. The Morgan fingerprint density at radius 1 is 0.714 bits per heavy atom. The van der Waals surface area contributed by atoms with E-state index in [1.54, 1.807) is 21.3 Å². The molecular formula is C17H22NO3+. The lowest BCUT2D eigenvalue weighted by Gasteiger charge is -2.08. The van der Waals surface area contributed by atoms with Gasteiger partial charge in [-0.15, -0.1) is 0 Å². The minimum atomic E-state index is 0.819. The van der Waals surface area contributed by atoms with Crippen molar-refractivity contribution in [2.45, 2.75) is 13.1 Å². The lowest BCUT2D eigenvalue weighted by Crippen LogP contribution is -2.80. The largest absolute Gasteiger partial charge is 0.497 e. The maximum atomic E-state index is 5.28.